The summed E-state index contributed by atoms with van der Waals surface area (Å²) in [5.74, 6) is -17.0. The van der Waals surface area contributed by atoms with E-state index in [1.807, 2.05) is 0 Å². The van der Waals surface area contributed by atoms with Crippen LogP contribution in [0.15, 0.2) is 0 Å². The largest absolute Gasteiger partial charge is 0.477 e. The summed E-state index contributed by atoms with van der Waals surface area (Å²) in [7, 11) is 0. The second-order valence-electron chi connectivity index (χ2n) is 7.60. The van der Waals surface area contributed by atoms with E-state index in [1.54, 1.807) is 0 Å². The first-order valence-corrected chi connectivity index (χ1v) is 8.33. The van der Waals surface area contributed by atoms with Crippen LogP contribution in [0.5, 0.6) is 0 Å². The van der Waals surface area contributed by atoms with E-state index in [0.717, 1.165) is 19.3 Å². The van der Waals surface area contributed by atoms with Gasteiger partial charge in [-0.3, -0.25) is 0 Å². The van der Waals surface area contributed by atoms with Crippen LogP contribution in [0.4, 0.5) is 17.6 Å². The number of halogens is 4. The van der Waals surface area contributed by atoms with Crippen LogP contribution in [0, 0.1) is 17.8 Å². The Kier molecular flexibility index (Phi) is 4.43. The Bertz CT molecular complexity index is 597. The van der Waals surface area contributed by atoms with Gasteiger partial charge in [-0.05, 0) is 56.3 Å². The smallest absolute Gasteiger partial charge is 0.415 e. The van der Waals surface area contributed by atoms with Gasteiger partial charge in [0.15, 0.2) is 6.61 Å². The molecule has 6 nitrogen and oxygen atoms in total. The van der Waals surface area contributed by atoms with Gasteiger partial charge in [0.1, 0.15) is 5.60 Å². The molecule has 0 aromatic heterocycles. The van der Waals surface area contributed by atoms with Gasteiger partial charge in [0.2, 0.25) is 0 Å². The molecule has 0 saturated heterocycles. The first kappa shape index (κ1) is 18.9. The highest BCUT2D eigenvalue weighted by Crippen LogP contribution is 2.57. The van der Waals surface area contributed by atoms with Crippen LogP contribution in [0.2, 0.25) is 0 Å². The molecule has 0 unspecified atom stereocenters. The molecule has 4 rings (SSSR count). The van der Waals surface area contributed by atoms with Gasteiger partial charge in [-0.15, -0.1) is 0 Å². The molecule has 0 atom stereocenters. The summed E-state index contributed by atoms with van der Waals surface area (Å²) in [5.41, 5.74) is -0.703. The van der Waals surface area contributed by atoms with Crippen LogP contribution >= 0.6 is 0 Å². The molecule has 0 spiro atoms. The number of carbonyl (C=O) groups is 3. The van der Waals surface area contributed by atoms with E-state index in [-0.39, 0.29) is 0 Å². The number of carbonyl (C=O) groups excluding carboxylic acids is 2. The predicted molar refractivity (Wildman–Crippen MR) is 75.5 cm³/mol. The molecule has 0 aliphatic heterocycles. The number of hydrogen-bond donors (Lipinski definition) is 1. The maximum atomic E-state index is 13.3. The highest BCUT2D eigenvalue weighted by atomic mass is 19.3. The molecule has 4 aliphatic carbocycles. The van der Waals surface area contributed by atoms with Gasteiger partial charge in [0.25, 0.3) is 0 Å². The number of esters is 2. The van der Waals surface area contributed by atoms with Crippen LogP contribution in [-0.2, 0) is 23.9 Å². The highest BCUT2D eigenvalue weighted by Gasteiger charge is 2.68. The van der Waals surface area contributed by atoms with Crippen LogP contribution in [-0.4, -0.2) is 47.1 Å². The lowest BCUT2D eigenvalue weighted by Gasteiger charge is -2.55. The molecule has 10 heteroatoms. The molecule has 1 N–H and O–H groups in total. The van der Waals surface area contributed by atoms with Crippen molar-refractivity contribution in [2.75, 3.05) is 6.61 Å². The zero-order chi connectivity index (χ0) is 19.3. The van der Waals surface area contributed by atoms with Gasteiger partial charge in [0, 0.05) is 0 Å². The summed E-state index contributed by atoms with van der Waals surface area (Å²) >= 11 is 0. The van der Waals surface area contributed by atoms with Crippen molar-refractivity contribution in [2.24, 2.45) is 17.8 Å². The fourth-order valence-electron chi connectivity index (χ4n) is 4.90. The average Bonchev–Trinajstić information content (AvgIpc) is 2.50. The van der Waals surface area contributed by atoms with E-state index in [2.05, 4.69) is 4.74 Å². The molecular weight excluding hydrogens is 364 g/mol. The van der Waals surface area contributed by atoms with Crippen molar-refractivity contribution in [1.29, 1.82) is 0 Å². The van der Waals surface area contributed by atoms with E-state index >= 15 is 0 Å². The van der Waals surface area contributed by atoms with Crippen LogP contribution < -0.4 is 0 Å². The molecule has 146 valence electrons. The third-order valence-corrected chi connectivity index (χ3v) is 5.55. The molecule has 4 aliphatic rings. The fourth-order valence-corrected chi connectivity index (χ4v) is 4.90. The molecular formula is C16H18F4O6. The van der Waals surface area contributed by atoms with Crippen LogP contribution in [0.3, 0.4) is 0 Å². The van der Waals surface area contributed by atoms with Crippen LogP contribution in [0.25, 0.3) is 0 Å². The Morgan fingerprint density at radius 3 is 1.81 bits per heavy atom. The predicted octanol–water partition coefficient (Wildman–Crippen LogP) is 2.40. The molecule has 0 amide bonds. The lowest BCUT2D eigenvalue weighted by atomic mass is 9.54. The molecule has 4 bridgehead atoms. The molecule has 4 fully saturated rings. The highest BCUT2D eigenvalue weighted by molar-refractivity contribution is 5.90. The Morgan fingerprint density at radius 2 is 1.38 bits per heavy atom. The molecule has 4 saturated carbocycles. The standard InChI is InChI=1S/C16H18F4O6/c17-15(18,12(22)23)16(19,20)13(24)25-7-11(21)26-14-4-8-1-9(5-14)3-10(2-8)6-14/h8-10H,1-7H2,(H,22,23). The Balaban J connectivity index is 1.56. The van der Waals surface area contributed by atoms with Crippen molar-refractivity contribution < 1.29 is 46.5 Å². The van der Waals surface area contributed by atoms with Crippen molar-refractivity contribution in [3.63, 3.8) is 0 Å². The average molecular weight is 382 g/mol. The lowest BCUT2D eigenvalue weighted by Crippen LogP contribution is -2.54. The van der Waals surface area contributed by atoms with E-state index in [0.29, 0.717) is 37.0 Å². The zero-order valence-corrected chi connectivity index (χ0v) is 13.7. The number of aliphatic carboxylic acids is 1. The Hall–Kier alpha value is -1.87. The Morgan fingerprint density at radius 1 is 0.923 bits per heavy atom. The van der Waals surface area contributed by atoms with Crippen molar-refractivity contribution in [3.8, 4) is 0 Å². The molecule has 0 aromatic carbocycles. The summed E-state index contributed by atoms with van der Waals surface area (Å²) in [6.07, 6.45) is 5.19. The molecule has 26 heavy (non-hydrogen) atoms. The number of ether oxygens (including phenoxy) is 2. The second-order valence-corrected chi connectivity index (χ2v) is 7.60. The van der Waals surface area contributed by atoms with Crippen molar-refractivity contribution in [2.45, 2.75) is 56.0 Å². The quantitative estimate of drug-likeness (QED) is 0.561. The minimum Gasteiger partial charge on any atom is -0.477 e. The summed E-state index contributed by atoms with van der Waals surface area (Å²) in [6, 6.07) is 0. The summed E-state index contributed by atoms with van der Waals surface area (Å²) in [6.45, 7) is -1.27. The number of alkyl halides is 4. The summed E-state index contributed by atoms with van der Waals surface area (Å²) < 4.78 is 61.6. The van der Waals surface area contributed by atoms with E-state index in [9.17, 15) is 31.9 Å². The van der Waals surface area contributed by atoms with Gasteiger partial charge in [-0.2, -0.15) is 17.6 Å². The topological polar surface area (TPSA) is 89.9 Å². The maximum Gasteiger partial charge on any atom is 0.415 e. The van der Waals surface area contributed by atoms with Crippen LogP contribution in [0.1, 0.15) is 38.5 Å². The maximum absolute atomic E-state index is 13.3. The molecule has 0 radical (unpaired) electrons. The van der Waals surface area contributed by atoms with Gasteiger partial charge in [-0.1, -0.05) is 0 Å². The molecule has 0 aromatic rings. The Labute approximate surface area is 145 Å². The third kappa shape index (κ3) is 3.14. The normalized spacial score (nSPS) is 33.0. The summed E-state index contributed by atoms with van der Waals surface area (Å²) in [5, 5.41) is 8.12. The van der Waals surface area contributed by atoms with Crippen molar-refractivity contribution >= 4 is 17.9 Å². The second kappa shape index (κ2) is 6.09. The summed E-state index contributed by atoms with van der Waals surface area (Å²) in [4.78, 5) is 33.3. The first-order valence-electron chi connectivity index (χ1n) is 8.33. The number of rotatable bonds is 6. The monoisotopic (exact) mass is 382 g/mol. The number of carboxylic acids is 1. The van der Waals surface area contributed by atoms with Gasteiger partial charge in [0.05, 0.1) is 0 Å². The van der Waals surface area contributed by atoms with E-state index in [1.165, 1.54) is 0 Å². The van der Waals surface area contributed by atoms with Crippen molar-refractivity contribution in [3.05, 3.63) is 0 Å². The third-order valence-electron chi connectivity index (χ3n) is 5.55. The number of carboxylic acid groups (broad SMARTS) is 1. The van der Waals surface area contributed by atoms with E-state index in [4.69, 9.17) is 9.84 Å². The van der Waals surface area contributed by atoms with Gasteiger partial charge >= 0.3 is 29.8 Å². The lowest BCUT2D eigenvalue weighted by molar-refractivity contribution is -0.236. The fraction of sp³-hybridized carbons (Fsp3) is 0.812. The minimum absolute atomic E-state index is 0.440. The van der Waals surface area contributed by atoms with Gasteiger partial charge < -0.3 is 14.6 Å². The van der Waals surface area contributed by atoms with Gasteiger partial charge in [-0.25, -0.2) is 14.4 Å². The number of hydrogen-bond acceptors (Lipinski definition) is 5. The first-order chi connectivity index (χ1) is 11.9. The van der Waals surface area contributed by atoms with E-state index < -0.39 is 42.0 Å². The molecule has 0 heterocycles. The zero-order valence-electron chi connectivity index (χ0n) is 13.7. The SMILES string of the molecule is O=C(COC(=O)C(F)(F)C(F)(F)C(=O)O)OC12CC3CC(CC(C3)C1)C2. The minimum atomic E-state index is -5.64. The van der Waals surface area contributed by atoms with Crippen molar-refractivity contribution in [1.82, 2.24) is 0 Å².